The van der Waals surface area contributed by atoms with Gasteiger partial charge in [-0.1, -0.05) is 56.5 Å². The third-order valence-electron chi connectivity index (χ3n) is 3.34. The number of rotatable bonds is 3. The van der Waals surface area contributed by atoms with Crippen LogP contribution in [0.5, 0.6) is 0 Å². The Labute approximate surface area is 97.5 Å². The normalized spacial score (nSPS) is 20.1. The van der Waals surface area contributed by atoms with Crippen molar-refractivity contribution in [3.63, 3.8) is 0 Å². The highest BCUT2D eigenvalue weighted by Gasteiger charge is 2.26. The van der Waals surface area contributed by atoms with Crippen molar-refractivity contribution in [2.24, 2.45) is 0 Å². The van der Waals surface area contributed by atoms with Gasteiger partial charge in [-0.3, -0.25) is 0 Å². The molecular formula is C14H20S. The Balaban J connectivity index is 1.87. The predicted octanol–water partition coefficient (Wildman–Crippen LogP) is 4.64. The maximum absolute atomic E-state index is 2.44. The highest BCUT2D eigenvalue weighted by atomic mass is 32.2. The Hall–Kier alpha value is -0.430. The molecule has 1 aromatic rings. The Morgan fingerprint density at radius 1 is 1.07 bits per heavy atom. The molecule has 0 saturated heterocycles. The third-order valence-corrected chi connectivity index (χ3v) is 4.92. The Morgan fingerprint density at radius 2 is 1.73 bits per heavy atom. The van der Waals surface area contributed by atoms with E-state index in [1.807, 2.05) is 0 Å². The molecule has 1 fully saturated rings. The molecule has 0 N–H and O–H groups in total. The van der Waals surface area contributed by atoms with E-state index in [1.165, 1.54) is 43.4 Å². The SMILES string of the molecule is CC1(SCc2ccccc2)CCCCC1. The van der Waals surface area contributed by atoms with Gasteiger partial charge in [0.1, 0.15) is 0 Å². The number of hydrogen-bond donors (Lipinski definition) is 0. The van der Waals surface area contributed by atoms with Crippen LogP contribution in [0.1, 0.15) is 44.6 Å². The quantitative estimate of drug-likeness (QED) is 0.715. The summed E-state index contributed by atoms with van der Waals surface area (Å²) in [6, 6.07) is 10.8. The van der Waals surface area contributed by atoms with Crippen LogP contribution in [0.3, 0.4) is 0 Å². The van der Waals surface area contributed by atoms with Crippen molar-refractivity contribution < 1.29 is 0 Å². The molecule has 0 nitrogen and oxygen atoms in total. The van der Waals surface area contributed by atoms with Crippen molar-refractivity contribution in [3.8, 4) is 0 Å². The van der Waals surface area contributed by atoms with E-state index in [1.54, 1.807) is 0 Å². The fraction of sp³-hybridized carbons (Fsp3) is 0.571. The summed E-state index contributed by atoms with van der Waals surface area (Å²) in [5, 5.41) is 0. The van der Waals surface area contributed by atoms with Gasteiger partial charge in [0.15, 0.2) is 0 Å². The van der Waals surface area contributed by atoms with E-state index in [4.69, 9.17) is 0 Å². The molecule has 1 aromatic carbocycles. The molecular weight excluding hydrogens is 200 g/mol. The van der Waals surface area contributed by atoms with Gasteiger partial charge in [-0.2, -0.15) is 11.8 Å². The molecule has 15 heavy (non-hydrogen) atoms. The van der Waals surface area contributed by atoms with Crippen LogP contribution in [0.4, 0.5) is 0 Å². The van der Waals surface area contributed by atoms with Gasteiger partial charge in [-0.15, -0.1) is 0 Å². The highest BCUT2D eigenvalue weighted by Crippen LogP contribution is 2.40. The zero-order valence-electron chi connectivity index (χ0n) is 9.54. The van der Waals surface area contributed by atoms with Gasteiger partial charge < -0.3 is 0 Å². The molecule has 1 aliphatic carbocycles. The van der Waals surface area contributed by atoms with Crippen molar-refractivity contribution in [1.82, 2.24) is 0 Å². The average molecular weight is 220 g/mol. The smallest absolute Gasteiger partial charge is 0.0190 e. The number of benzene rings is 1. The molecule has 1 heteroatoms. The van der Waals surface area contributed by atoms with Gasteiger partial charge in [0.05, 0.1) is 0 Å². The van der Waals surface area contributed by atoms with Crippen LogP contribution in [0.25, 0.3) is 0 Å². The van der Waals surface area contributed by atoms with Crippen LogP contribution in [-0.2, 0) is 5.75 Å². The van der Waals surface area contributed by atoms with Gasteiger partial charge in [-0.25, -0.2) is 0 Å². The largest absolute Gasteiger partial charge is 0.151 e. The first-order valence-corrected chi connectivity index (χ1v) is 6.95. The lowest BCUT2D eigenvalue weighted by atomic mass is 9.90. The van der Waals surface area contributed by atoms with Crippen LogP contribution >= 0.6 is 11.8 Å². The van der Waals surface area contributed by atoms with Crippen LogP contribution in [-0.4, -0.2) is 4.75 Å². The van der Waals surface area contributed by atoms with Gasteiger partial charge >= 0.3 is 0 Å². The van der Waals surface area contributed by atoms with Crippen molar-refractivity contribution >= 4 is 11.8 Å². The molecule has 0 radical (unpaired) electrons. The molecule has 0 aliphatic heterocycles. The molecule has 82 valence electrons. The summed E-state index contributed by atoms with van der Waals surface area (Å²) in [4.78, 5) is 0. The molecule has 1 aliphatic rings. The summed E-state index contributed by atoms with van der Waals surface area (Å²) in [7, 11) is 0. The minimum absolute atomic E-state index is 0.550. The summed E-state index contributed by atoms with van der Waals surface area (Å²) in [6.45, 7) is 2.44. The maximum atomic E-state index is 2.44. The summed E-state index contributed by atoms with van der Waals surface area (Å²) in [5.41, 5.74) is 1.47. The zero-order valence-corrected chi connectivity index (χ0v) is 10.4. The lowest BCUT2D eigenvalue weighted by Gasteiger charge is -2.33. The van der Waals surface area contributed by atoms with Gasteiger partial charge in [0, 0.05) is 10.5 Å². The molecule has 0 atom stereocenters. The second-order valence-corrected chi connectivity index (χ2v) is 6.35. The maximum Gasteiger partial charge on any atom is 0.0190 e. The average Bonchev–Trinajstić information content (AvgIpc) is 2.29. The molecule has 1 saturated carbocycles. The van der Waals surface area contributed by atoms with E-state index in [0.29, 0.717) is 4.75 Å². The minimum atomic E-state index is 0.550. The molecule has 0 unspecified atom stereocenters. The molecule has 0 aromatic heterocycles. The summed E-state index contributed by atoms with van der Waals surface area (Å²) >= 11 is 2.15. The van der Waals surface area contributed by atoms with Crippen molar-refractivity contribution in [2.75, 3.05) is 0 Å². The Bertz CT molecular complexity index is 285. The third kappa shape index (κ3) is 3.27. The van der Waals surface area contributed by atoms with E-state index in [-0.39, 0.29) is 0 Å². The van der Waals surface area contributed by atoms with Gasteiger partial charge in [0.25, 0.3) is 0 Å². The Morgan fingerprint density at radius 3 is 2.40 bits per heavy atom. The standard InChI is InChI=1S/C14H20S/c1-14(10-6-3-7-11-14)15-12-13-8-4-2-5-9-13/h2,4-5,8-9H,3,6-7,10-12H2,1H3. The second kappa shape index (κ2) is 5.07. The van der Waals surface area contributed by atoms with Crippen LogP contribution < -0.4 is 0 Å². The first-order chi connectivity index (χ1) is 7.29. The molecule has 0 amide bonds. The fourth-order valence-corrected chi connectivity index (χ4v) is 3.56. The summed E-state index contributed by atoms with van der Waals surface area (Å²) in [6.07, 6.45) is 7.12. The second-order valence-electron chi connectivity index (χ2n) is 4.78. The zero-order chi connectivity index (χ0) is 10.6. The predicted molar refractivity (Wildman–Crippen MR) is 69.2 cm³/mol. The Kier molecular flexibility index (Phi) is 3.74. The van der Waals surface area contributed by atoms with Crippen molar-refractivity contribution in [1.29, 1.82) is 0 Å². The first kappa shape index (κ1) is 11.1. The summed E-state index contributed by atoms with van der Waals surface area (Å²) in [5.74, 6) is 1.18. The fourth-order valence-electron chi connectivity index (χ4n) is 2.28. The molecule has 0 heterocycles. The lowest BCUT2D eigenvalue weighted by molar-refractivity contribution is 0.422. The summed E-state index contributed by atoms with van der Waals surface area (Å²) < 4.78 is 0.550. The van der Waals surface area contributed by atoms with E-state index >= 15 is 0 Å². The van der Waals surface area contributed by atoms with E-state index in [2.05, 4.69) is 49.0 Å². The molecule has 0 spiro atoms. The number of thioether (sulfide) groups is 1. The van der Waals surface area contributed by atoms with Crippen LogP contribution in [0.15, 0.2) is 30.3 Å². The monoisotopic (exact) mass is 220 g/mol. The minimum Gasteiger partial charge on any atom is -0.151 e. The van der Waals surface area contributed by atoms with Crippen LogP contribution in [0, 0.1) is 0 Å². The first-order valence-electron chi connectivity index (χ1n) is 5.96. The van der Waals surface area contributed by atoms with Crippen molar-refractivity contribution in [3.05, 3.63) is 35.9 Å². The van der Waals surface area contributed by atoms with E-state index < -0.39 is 0 Å². The molecule has 0 bridgehead atoms. The highest BCUT2D eigenvalue weighted by molar-refractivity contribution is 7.99. The van der Waals surface area contributed by atoms with Gasteiger partial charge in [0.2, 0.25) is 0 Å². The lowest BCUT2D eigenvalue weighted by Crippen LogP contribution is -2.23. The molecule has 2 rings (SSSR count). The van der Waals surface area contributed by atoms with Crippen molar-refractivity contribution in [2.45, 2.75) is 49.5 Å². The topological polar surface area (TPSA) is 0 Å². The van der Waals surface area contributed by atoms with Crippen LogP contribution in [0.2, 0.25) is 0 Å². The van der Waals surface area contributed by atoms with E-state index in [9.17, 15) is 0 Å². The van der Waals surface area contributed by atoms with E-state index in [0.717, 1.165) is 0 Å². The number of hydrogen-bond acceptors (Lipinski definition) is 1. The van der Waals surface area contributed by atoms with Gasteiger partial charge in [-0.05, 0) is 18.4 Å².